The molecule has 1 atom stereocenters. The van der Waals surface area contributed by atoms with Crippen LogP contribution in [0.3, 0.4) is 0 Å². The molecule has 0 saturated heterocycles. The number of thiophene rings is 1. The van der Waals surface area contributed by atoms with Gasteiger partial charge in [0.2, 0.25) is 0 Å². The van der Waals surface area contributed by atoms with Gasteiger partial charge in [-0.1, -0.05) is 18.2 Å². The Hall–Kier alpha value is -1.32. The second-order valence-corrected chi connectivity index (χ2v) is 7.15. The maximum absolute atomic E-state index is 5.86. The Labute approximate surface area is 132 Å². The first-order valence-electron chi connectivity index (χ1n) is 7.58. The van der Waals surface area contributed by atoms with E-state index in [0.717, 1.165) is 18.7 Å². The van der Waals surface area contributed by atoms with Crippen molar-refractivity contribution in [3.63, 3.8) is 0 Å². The normalized spacial score (nSPS) is 12.6. The van der Waals surface area contributed by atoms with Crippen molar-refractivity contribution in [1.29, 1.82) is 0 Å². The molecule has 1 aromatic heterocycles. The molecule has 0 aliphatic heterocycles. The Morgan fingerprint density at radius 2 is 1.86 bits per heavy atom. The summed E-state index contributed by atoms with van der Waals surface area (Å²) >= 11 is 1.88. The number of benzene rings is 1. The van der Waals surface area contributed by atoms with Crippen molar-refractivity contribution in [2.45, 2.75) is 52.8 Å². The third-order valence-electron chi connectivity index (χ3n) is 3.28. The number of nitrogens with one attached hydrogen (secondary N) is 1. The molecule has 0 saturated carbocycles. The maximum atomic E-state index is 5.86. The van der Waals surface area contributed by atoms with Gasteiger partial charge in [0.15, 0.2) is 0 Å². The smallest absolute Gasteiger partial charge is 0.124 e. The molecule has 0 spiro atoms. The van der Waals surface area contributed by atoms with Crippen molar-refractivity contribution in [3.8, 4) is 5.75 Å². The summed E-state index contributed by atoms with van der Waals surface area (Å²) in [6.07, 6.45) is 1.28. The highest BCUT2D eigenvalue weighted by Gasteiger charge is 2.08. The summed E-state index contributed by atoms with van der Waals surface area (Å²) in [6, 6.07) is 13.1. The quantitative estimate of drug-likeness (QED) is 0.809. The van der Waals surface area contributed by atoms with Crippen LogP contribution in [0.5, 0.6) is 5.75 Å². The molecule has 0 bridgehead atoms. The molecule has 1 heterocycles. The zero-order valence-corrected chi connectivity index (χ0v) is 14.2. The van der Waals surface area contributed by atoms with Crippen LogP contribution in [0.2, 0.25) is 0 Å². The molecular formula is C18H25NOS. The van der Waals surface area contributed by atoms with Crippen LogP contribution in [0.1, 0.15) is 36.1 Å². The van der Waals surface area contributed by atoms with Gasteiger partial charge < -0.3 is 10.1 Å². The van der Waals surface area contributed by atoms with Crippen LogP contribution in [0.15, 0.2) is 36.4 Å². The fourth-order valence-corrected chi connectivity index (χ4v) is 3.29. The number of hydrogen-bond donors (Lipinski definition) is 1. The van der Waals surface area contributed by atoms with Gasteiger partial charge >= 0.3 is 0 Å². The molecule has 1 N–H and O–H groups in total. The van der Waals surface area contributed by atoms with E-state index in [1.165, 1.54) is 15.3 Å². The van der Waals surface area contributed by atoms with Gasteiger partial charge in [0, 0.05) is 27.9 Å². The van der Waals surface area contributed by atoms with Crippen LogP contribution in [0.4, 0.5) is 0 Å². The Bertz CT molecular complexity index is 562. The average Bonchev–Trinajstić information content (AvgIpc) is 2.82. The SMILES string of the molecule is Cc1ccc(CC(C)NCc2ccccc2OC(C)C)s1. The van der Waals surface area contributed by atoms with E-state index in [-0.39, 0.29) is 6.10 Å². The lowest BCUT2D eigenvalue weighted by Crippen LogP contribution is -2.27. The molecule has 0 aliphatic rings. The van der Waals surface area contributed by atoms with E-state index in [4.69, 9.17) is 4.74 Å². The minimum atomic E-state index is 0.206. The van der Waals surface area contributed by atoms with Crippen molar-refractivity contribution in [3.05, 3.63) is 51.7 Å². The molecule has 3 heteroatoms. The molecule has 0 amide bonds. The van der Waals surface area contributed by atoms with Gasteiger partial charge in [-0.3, -0.25) is 0 Å². The highest BCUT2D eigenvalue weighted by molar-refractivity contribution is 7.11. The fourth-order valence-electron chi connectivity index (χ4n) is 2.27. The molecule has 2 rings (SSSR count). The van der Waals surface area contributed by atoms with Gasteiger partial charge in [-0.25, -0.2) is 0 Å². The first-order valence-corrected chi connectivity index (χ1v) is 8.39. The Balaban J connectivity index is 1.90. The summed E-state index contributed by atoms with van der Waals surface area (Å²) in [5.74, 6) is 0.985. The highest BCUT2D eigenvalue weighted by Crippen LogP contribution is 2.20. The summed E-state index contributed by atoms with van der Waals surface area (Å²) in [5.41, 5.74) is 1.22. The molecule has 1 aromatic carbocycles. The first-order chi connectivity index (χ1) is 10.0. The van der Waals surface area contributed by atoms with Crippen LogP contribution < -0.4 is 10.1 Å². The molecule has 1 unspecified atom stereocenters. The van der Waals surface area contributed by atoms with E-state index in [1.54, 1.807) is 0 Å². The van der Waals surface area contributed by atoms with Crippen LogP contribution >= 0.6 is 11.3 Å². The molecule has 0 aliphatic carbocycles. The first kappa shape index (κ1) is 16.1. The van der Waals surface area contributed by atoms with Gasteiger partial charge in [0.05, 0.1) is 6.10 Å². The minimum Gasteiger partial charge on any atom is -0.491 e. The van der Waals surface area contributed by atoms with Crippen molar-refractivity contribution in [2.24, 2.45) is 0 Å². The highest BCUT2D eigenvalue weighted by atomic mass is 32.1. The summed E-state index contributed by atoms with van der Waals surface area (Å²) in [7, 11) is 0. The monoisotopic (exact) mass is 303 g/mol. The lowest BCUT2D eigenvalue weighted by Gasteiger charge is -2.17. The third kappa shape index (κ3) is 5.18. The number of para-hydroxylation sites is 1. The van der Waals surface area contributed by atoms with E-state index >= 15 is 0 Å². The molecule has 0 fully saturated rings. The molecular weight excluding hydrogens is 278 g/mol. The molecule has 2 nitrogen and oxygen atoms in total. The second kappa shape index (κ2) is 7.62. The van der Waals surface area contributed by atoms with E-state index in [1.807, 2.05) is 23.5 Å². The predicted molar refractivity (Wildman–Crippen MR) is 91.3 cm³/mol. The zero-order valence-electron chi connectivity index (χ0n) is 13.3. The Morgan fingerprint density at radius 1 is 1.10 bits per heavy atom. The fraction of sp³-hybridized carbons (Fsp3) is 0.444. The van der Waals surface area contributed by atoms with Crippen LogP contribution in [-0.2, 0) is 13.0 Å². The topological polar surface area (TPSA) is 21.3 Å². The molecule has 114 valence electrons. The van der Waals surface area contributed by atoms with Crippen molar-refractivity contribution >= 4 is 11.3 Å². The van der Waals surface area contributed by atoms with E-state index in [0.29, 0.717) is 6.04 Å². The predicted octanol–water partition coefficient (Wildman–Crippen LogP) is 4.56. The third-order valence-corrected chi connectivity index (χ3v) is 4.30. The maximum Gasteiger partial charge on any atom is 0.124 e. The van der Waals surface area contributed by atoms with Gasteiger partial charge in [0.1, 0.15) is 5.75 Å². The molecule has 0 radical (unpaired) electrons. The summed E-state index contributed by atoms with van der Waals surface area (Å²) < 4.78 is 5.86. The average molecular weight is 303 g/mol. The van der Waals surface area contributed by atoms with Crippen molar-refractivity contribution < 1.29 is 4.74 Å². The standard InChI is InChI=1S/C18H25NOS/c1-13(2)20-18-8-6-5-7-16(18)12-19-14(3)11-17-10-9-15(4)21-17/h5-10,13-14,19H,11-12H2,1-4H3. The van der Waals surface area contributed by atoms with Gasteiger partial charge in [-0.05, 0) is 52.3 Å². The summed E-state index contributed by atoms with van der Waals surface area (Å²) in [6.45, 7) is 9.36. The van der Waals surface area contributed by atoms with Gasteiger partial charge in [-0.2, -0.15) is 0 Å². The Kier molecular flexibility index (Phi) is 5.83. The lowest BCUT2D eigenvalue weighted by molar-refractivity contribution is 0.239. The van der Waals surface area contributed by atoms with Crippen molar-refractivity contribution in [1.82, 2.24) is 5.32 Å². The summed E-state index contributed by atoms with van der Waals surface area (Å²) in [5, 5.41) is 3.60. The lowest BCUT2D eigenvalue weighted by atomic mass is 10.1. The summed E-state index contributed by atoms with van der Waals surface area (Å²) in [4.78, 5) is 2.83. The van der Waals surface area contributed by atoms with Crippen LogP contribution in [-0.4, -0.2) is 12.1 Å². The zero-order chi connectivity index (χ0) is 15.2. The van der Waals surface area contributed by atoms with Crippen LogP contribution in [0.25, 0.3) is 0 Å². The number of rotatable bonds is 7. The second-order valence-electron chi connectivity index (χ2n) is 5.77. The van der Waals surface area contributed by atoms with Gasteiger partial charge in [-0.15, -0.1) is 11.3 Å². The number of hydrogen-bond acceptors (Lipinski definition) is 3. The largest absolute Gasteiger partial charge is 0.491 e. The van der Waals surface area contributed by atoms with E-state index < -0.39 is 0 Å². The Morgan fingerprint density at radius 3 is 2.52 bits per heavy atom. The number of ether oxygens (including phenoxy) is 1. The van der Waals surface area contributed by atoms with Crippen LogP contribution in [0, 0.1) is 6.92 Å². The van der Waals surface area contributed by atoms with Gasteiger partial charge in [0.25, 0.3) is 0 Å². The van der Waals surface area contributed by atoms with Crippen molar-refractivity contribution in [2.75, 3.05) is 0 Å². The van der Waals surface area contributed by atoms with E-state index in [9.17, 15) is 0 Å². The molecule has 21 heavy (non-hydrogen) atoms. The minimum absolute atomic E-state index is 0.206. The molecule has 2 aromatic rings. The number of aryl methyl sites for hydroxylation is 1. The van der Waals surface area contributed by atoms with E-state index in [2.05, 4.69) is 57.3 Å².